The smallest absolute Gasteiger partial charge is 0.225 e. The van der Waals surface area contributed by atoms with E-state index in [0.29, 0.717) is 31.8 Å². The van der Waals surface area contributed by atoms with Crippen molar-refractivity contribution in [1.82, 2.24) is 15.1 Å². The summed E-state index contributed by atoms with van der Waals surface area (Å²) in [5, 5.41) is 10.4. The third-order valence-corrected chi connectivity index (χ3v) is 4.50. The molecule has 0 unspecified atom stereocenters. The number of anilines is 1. The van der Waals surface area contributed by atoms with E-state index in [9.17, 15) is 9.59 Å². The predicted molar refractivity (Wildman–Crippen MR) is 116 cm³/mol. The molecule has 0 aliphatic rings. The van der Waals surface area contributed by atoms with Crippen LogP contribution in [-0.2, 0) is 19.7 Å². The van der Waals surface area contributed by atoms with Gasteiger partial charge in [0, 0.05) is 38.0 Å². The van der Waals surface area contributed by atoms with Gasteiger partial charge in [-0.05, 0) is 30.7 Å². The van der Waals surface area contributed by atoms with Crippen molar-refractivity contribution in [2.75, 3.05) is 32.7 Å². The van der Waals surface area contributed by atoms with Crippen molar-refractivity contribution in [3.05, 3.63) is 36.0 Å². The summed E-state index contributed by atoms with van der Waals surface area (Å²) >= 11 is 0. The second-order valence-corrected chi connectivity index (χ2v) is 8.02. The zero-order valence-electron chi connectivity index (χ0n) is 18.4. The van der Waals surface area contributed by atoms with Crippen LogP contribution in [0.1, 0.15) is 45.7 Å². The highest BCUT2D eigenvalue weighted by Gasteiger charge is 2.21. The fraction of sp³-hybridized carbons (Fsp3) is 0.500. The lowest BCUT2D eigenvalue weighted by Crippen LogP contribution is -2.27. The van der Waals surface area contributed by atoms with Gasteiger partial charge in [-0.25, -0.2) is 4.68 Å². The number of hydrogen-bond donors (Lipinski definition) is 2. The molecule has 1 aromatic heterocycles. The van der Waals surface area contributed by atoms with E-state index in [1.165, 1.54) is 0 Å². The minimum Gasteiger partial charge on any atom is -0.497 e. The number of hydrogen-bond acceptors (Lipinski definition) is 5. The summed E-state index contributed by atoms with van der Waals surface area (Å²) in [5.41, 5.74) is 1.52. The van der Waals surface area contributed by atoms with Crippen LogP contribution < -0.4 is 15.4 Å². The molecule has 0 radical (unpaired) electrons. The van der Waals surface area contributed by atoms with Crippen LogP contribution in [0.4, 0.5) is 5.82 Å². The second kappa shape index (κ2) is 10.8. The molecule has 2 amide bonds. The highest BCUT2D eigenvalue weighted by atomic mass is 16.5. The van der Waals surface area contributed by atoms with Crippen molar-refractivity contribution in [2.24, 2.45) is 0 Å². The minimum absolute atomic E-state index is 0.0851. The maximum absolute atomic E-state index is 12.5. The summed E-state index contributed by atoms with van der Waals surface area (Å²) < 4.78 is 11.8. The zero-order chi connectivity index (χ0) is 22.1. The van der Waals surface area contributed by atoms with Gasteiger partial charge < -0.3 is 20.1 Å². The van der Waals surface area contributed by atoms with Gasteiger partial charge in [-0.2, -0.15) is 5.10 Å². The van der Waals surface area contributed by atoms with Crippen LogP contribution in [0.5, 0.6) is 5.75 Å². The molecule has 0 saturated heterocycles. The molecule has 0 atom stereocenters. The number of carbonyl (C=O) groups is 2. The molecule has 1 heterocycles. The van der Waals surface area contributed by atoms with Crippen LogP contribution >= 0.6 is 0 Å². The van der Waals surface area contributed by atoms with Gasteiger partial charge in [-0.15, -0.1) is 0 Å². The average Bonchev–Trinajstić information content (AvgIpc) is 3.12. The molecule has 164 valence electrons. The Bertz CT molecular complexity index is 838. The number of amides is 2. The molecular weight excluding hydrogens is 384 g/mol. The number of ether oxygens (including phenoxy) is 2. The molecule has 0 fully saturated rings. The standard InChI is InChI=1S/C22H32N4O4/c1-22(2,3)18-15-19(26(25-18)16-9-11-17(30-5)12-10-16)24-21(28)8-6-7-20(27)23-13-14-29-4/h9-12,15H,6-8,13-14H2,1-5H3,(H,23,27)(H,24,28). The Labute approximate surface area is 177 Å². The summed E-state index contributed by atoms with van der Waals surface area (Å²) in [6, 6.07) is 9.36. The lowest BCUT2D eigenvalue weighted by molar-refractivity contribution is -0.121. The summed E-state index contributed by atoms with van der Waals surface area (Å²) in [4.78, 5) is 24.2. The molecule has 0 spiro atoms. The molecule has 0 aliphatic carbocycles. The second-order valence-electron chi connectivity index (χ2n) is 8.02. The van der Waals surface area contributed by atoms with Crippen molar-refractivity contribution >= 4 is 17.6 Å². The van der Waals surface area contributed by atoms with E-state index in [1.807, 2.05) is 30.3 Å². The van der Waals surface area contributed by atoms with Gasteiger partial charge in [0.05, 0.1) is 25.1 Å². The van der Waals surface area contributed by atoms with Gasteiger partial charge in [0.25, 0.3) is 0 Å². The fourth-order valence-electron chi connectivity index (χ4n) is 2.75. The first-order valence-corrected chi connectivity index (χ1v) is 10.0. The molecule has 8 heteroatoms. The van der Waals surface area contributed by atoms with Crippen molar-refractivity contribution in [3.63, 3.8) is 0 Å². The van der Waals surface area contributed by atoms with Crippen LogP contribution in [0.3, 0.4) is 0 Å². The van der Waals surface area contributed by atoms with Gasteiger partial charge in [-0.1, -0.05) is 20.8 Å². The van der Waals surface area contributed by atoms with E-state index in [1.54, 1.807) is 18.9 Å². The van der Waals surface area contributed by atoms with E-state index in [0.717, 1.165) is 17.1 Å². The normalized spacial score (nSPS) is 11.2. The largest absolute Gasteiger partial charge is 0.497 e. The SMILES string of the molecule is COCCNC(=O)CCCC(=O)Nc1cc(C(C)(C)C)nn1-c1ccc(OC)cc1. The first-order valence-electron chi connectivity index (χ1n) is 10.0. The van der Waals surface area contributed by atoms with Gasteiger partial charge in [-0.3, -0.25) is 9.59 Å². The first kappa shape index (κ1) is 23.4. The molecule has 0 aliphatic heterocycles. The van der Waals surface area contributed by atoms with Crippen molar-refractivity contribution in [3.8, 4) is 11.4 Å². The number of nitrogens with one attached hydrogen (secondary N) is 2. The van der Waals surface area contributed by atoms with Crippen LogP contribution in [-0.4, -0.2) is 49.0 Å². The highest BCUT2D eigenvalue weighted by molar-refractivity contribution is 5.90. The Kier molecular flexibility index (Phi) is 8.41. The lowest BCUT2D eigenvalue weighted by Gasteiger charge is -2.14. The van der Waals surface area contributed by atoms with Crippen LogP contribution in [0.2, 0.25) is 0 Å². The van der Waals surface area contributed by atoms with E-state index >= 15 is 0 Å². The topological polar surface area (TPSA) is 94.5 Å². The molecule has 30 heavy (non-hydrogen) atoms. The molecule has 0 saturated carbocycles. The third kappa shape index (κ3) is 6.88. The van der Waals surface area contributed by atoms with Crippen LogP contribution in [0.25, 0.3) is 5.69 Å². The van der Waals surface area contributed by atoms with E-state index in [4.69, 9.17) is 14.6 Å². The molecular formula is C22H32N4O4. The monoisotopic (exact) mass is 416 g/mol. The molecule has 8 nitrogen and oxygen atoms in total. The Balaban J connectivity index is 2.05. The summed E-state index contributed by atoms with van der Waals surface area (Å²) in [6.07, 6.45) is 1.01. The molecule has 1 aromatic carbocycles. The minimum atomic E-state index is -0.169. The Morgan fingerprint density at radius 3 is 2.33 bits per heavy atom. The first-order chi connectivity index (χ1) is 14.2. The summed E-state index contributed by atoms with van der Waals surface area (Å²) in [6.45, 7) is 7.15. The van der Waals surface area contributed by atoms with Crippen LogP contribution in [0.15, 0.2) is 30.3 Å². The quantitative estimate of drug-likeness (QED) is 0.581. The predicted octanol–water partition coefficient (Wildman–Crippen LogP) is 3.05. The summed E-state index contributed by atoms with van der Waals surface area (Å²) in [7, 11) is 3.20. The number of aromatic nitrogens is 2. The molecule has 0 bridgehead atoms. The van der Waals surface area contributed by atoms with E-state index < -0.39 is 0 Å². The highest BCUT2D eigenvalue weighted by Crippen LogP contribution is 2.27. The van der Waals surface area contributed by atoms with Crippen molar-refractivity contribution in [1.29, 1.82) is 0 Å². The Morgan fingerprint density at radius 1 is 1.07 bits per heavy atom. The molecule has 2 N–H and O–H groups in total. The lowest BCUT2D eigenvalue weighted by atomic mass is 9.92. The molecule has 2 rings (SSSR count). The average molecular weight is 417 g/mol. The Morgan fingerprint density at radius 2 is 1.73 bits per heavy atom. The van der Waals surface area contributed by atoms with E-state index in [2.05, 4.69) is 31.4 Å². The van der Waals surface area contributed by atoms with Gasteiger partial charge in [0.1, 0.15) is 11.6 Å². The maximum Gasteiger partial charge on any atom is 0.225 e. The number of benzene rings is 1. The number of rotatable bonds is 10. The van der Waals surface area contributed by atoms with Crippen molar-refractivity contribution < 1.29 is 19.1 Å². The number of carbonyl (C=O) groups excluding carboxylic acids is 2. The van der Waals surface area contributed by atoms with Crippen LogP contribution in [0, 0.1) is 0 Å². The van der Waals surface area contributed by atoms with Gasteiger partial charge in [0.15, 0.2) is 0 Å². The summed E-state index contributed by atoms with van der Waals surface area (Å²) in [5.74, 6) is 1.10. The number of methoxy groups -OCH3 is 2. The maximum atomic E-state index is 12.5. The fourth-order valence-corrected chi connectivity index (χ4v) is 2.75. The van der Waals surface area contributed by atoms with Gasteiger partial charge >= 0.3 is 0 Å². The molecule has 2 aromatic rings. The Hall–Kier alpha value is -2.87. The zero-order valence-corrected chi connectivity index (χ0v) is 18.4. The van der Waals surface area contributed by atoms with Crippen molar-refractivity contribution in [2.45, 2.75) is 45.4 Å². The van der Waals surface area contributed by atoms with E-state index in [-0.39, 0.29) is 23.7 Å². The number of nitrogens with zero attached hydrogens (tertiary/aromatic N) is 2. The van der Waals surface area contributed by atoms with Gasteiger partial charge in [0.2, 0.25) is 11.8 Å². The third-order valence-electron chi connectivity index (χ3n) is 4.50.